The first-order valence-corrected chi connectivity index (χ1v) is 8.93. The molecule has 138 valence electrons. The van der Waals surface area contributed by atoms with Gasteiger partial charge in [0, 0.05) is 12.3 Å². The fourth-order valence-electron chi connectivity index (χ4n) is 3.35. The summed E-state index contributed by atoms with van der Waals surface area (Å²) >= 11 is 0. The summed E-state index contributed by atoms with van der Waals surface area (Å²) in [5, 5.41) is 20.7. The number of ketones is 1. The predicted molar refractivity (Wildman–Crippen MR) is 90.7 cm³/mol. The highest BCUT2D eigenvalue weighted by atomic mass is 16.7. The number of aliphatic hydroxyl groups is 2. The van der Waals surface area contributed by atoms with E-state index >= 15 is 0 Å². The molecular weight excluding hydrogens is 324 g/mol. The molecule has 0 aromatic heterocycles. The van der Waals surface area contributed by atoms with Gasteiger partial charge in [0.15, 0.2) is 12.1 Å². The van der Waals surface area contributed by atoms with E-state index in [0.29, 0.717) is 0 Å². The van der Waals surface area contributed by atoms with Crippen LogP contribution in [0.15, 0.2) is 36.5 Å². The lowest BCUT2D eigenvalue weighted by atomic mass is 9.91. The SMILES string of the molecule is CCCC1OC[C@H]2O[C@@H](CC(=O)/C=C/C3C=CC=C3)[C@H](O)[C@@H](O)[C@@H]2O1. The van der Waals surface area contributed by atoms with Crippen LogP contribution in [-0.4, -0.2) is 59.4 Å². The summed E-state index contributed by atoms with van der Waals surface area (Å²) in [6.45, 7) is 2.31. The Morgan fingerprint density at radius 1 is 1.20 bits per heavy atom. The summed E-state index contributed by atoms with van der Waals surface area (Å²) in [5.41, 5.74) is 0. The third-order valence-electron chi connectivity index (χ3n) is 4.75. The van der Waals surface area contributed by atoms with Gasteiger partial charge < -0.3 is 24.4 Å². The second-order valence-electron chi connectivity index (χ2n) is 6.72. The molecular formula is C19H26O6. The van der Waals surface area contributed by atoms with Crippen LogP contribution in [0.5, 0.6) is 0 Å². The topological polar surface area (TPSA) is 85.2 Å². The largest absolute Gasteiger partial charge is 0.388 e. The van der Waals surface area contributed by atoms with E-state index in [1.54, 1.807) is 6.08 Å². The van der Waals surface area contributed by atoms with Crippen LogP contribution in [0.2, 0.25) is 0 Å². The van der Waals surface area contributed by atoms with Gasteiger partial charge in [-0.15, -0.1) is 0 Å². The first-order valence-electron chi connectivity index (χ1n) is 8.93. The van der Waals surface area contributed by atoms with Gasteiger partial charge in [0.2, 0.25) is 0 Å². The molecule has 2 N–H and O–H groups in total. The summed E-state index contributed by atoms with van der Waals surface area (Å²) in [4.78, 5) is 12.1. The van der Waals surface area contributed by atoms with Crippen molar-refractivity contribution in [2.45, 2.75) is 63.0 Å². The molecule has 2 saturated heterocycles. The van der Waals surface area contributed by atoms with Crippen molar-refractivity contribution in [3.05, 3.63) is 36.5 Å². The summed E-state index contributed by atoms with van der Waals surface area (Å²) in [7, 11) is 0. The molecule has 0 aromatic rings. The second-order valence-corrected chi connectivity index (χ2v) is 6.72. The van der Waals surface area contributed by atoms with Crippen LogP contribution in [0.1, 0.15) is 26.2 Å². The highest BCUT2D eigenvalue weighted by Crippen LogP contribution is 2.30. The number of allylic oxidation sites excluding steroid dienone is 6. The number of rotatable bonds is 6. The molecule has 2 fully saturated rings. The Morgan fingerprint density at radius 3 is 2.68 bits per heavy atom. The van der Waals surface area contributed by atoms with Gasteiger partial charge in [-0.25, -0.2) is 0 Å². The van der Waals surface area contributed by atoms with E-state index in [9.17, 15) is 15.0 Å². The monoisotopic (exact) mass is 350 g/mol. The summed E-state index contributed by atoms with van der Waals surface area (Å²) in [5.74, 6) is -0.0170. The molecule has 1 aliphatic carbocycles. The fourth-order valence-corrected chi connectivity index (χ4v) is 3.35. The van der Waals surface area contributed by atoms with E-state index in [0.717, 1.165) is 12.8 Å². The fraction of sp³-hybridized carbons (Fsp3) is 0.632. The maximum absolute atomic E-state index is 12.1. The van der Waals surface area contributed by atoms with Gasteiger partial charge in [-0.3, -0.25) is 4.79 Å². The van der Waals surface area contributed by atoms with Crippen molar-refractivity contribution < 1.29 is 29.2 Å². The highest BCUT2D eigenvalue weighted by Gasteiger charge is 2.48. The Labute approximate surface area is 147 Å². The molecule has 6 atom stereocenters. The number of hydrogen-bond donors (Lipinski definition) is 2. The average Bonchev–Trinajstić information content (AvgIpc) is 3.12. The van der Waals surface area contributed by atoms with Gasteiger partial charge in [0.1, 0.15) is 24.4 Å². The molecule has 2 heterocycles. The van der Waals surface area contributed by atoms with Crippen molar-refractivity contribution in [1.29, 1.82) is 0 Å². The van der Waals surface area contributed by atoms with Crippen LogP contribution in [-0.2, 0) is 19.0 Å². The van der Waals surface area contributed by atoms with Crippen LogP contribution >= 0.6 is 0 Å². The standard InChI is InChI=1S/C19H26O6/c1-2-5-16-23-11-15-19(25-16)18(22)17(21)14(24-15)10-13(20)9-8-12-6-3-4-7-12/h3-4,6-9,12,14-19,21-22H,2,5,10-11H2,1H3/b9-8+/t14-,15+,16?,17-,18+,19+/m0/s1. The lowest BCUT2D eigenvalue weighted by Gasteiger charge is -2.46. The van der Waals surface area contributed by atoms with Crippen molar-refractivity contribution in [2.24, 2.45) is 5.92 Å². The molecule has 0 amide bonds. The zero-order valence-corrected chi connectivity index (χ0v) is 14.4. The molecule has 0 aromatic carbocycles. The Kier molecular flexibility index (Phi) is 6.19. The van der Waals surface area contributed by atoms with Gasteiger partial charge in [0.25, 0.3) is 0 Å². The smallest absolute Gasteiger partial charge is 0.158 e. The minimum Gasteiger partial charge on any atom is -0.388 e. The third kappa shape index (κ3) is 4.46. The number of carbonyl (C=O) groups excluding carboxylic acids is 1. The van der Waals surface area contributed by atoms with Gasteiger partial charge in [-0.05, 0) is 12.5 Å². The molecule has 1 unspecified atom stereocenters. The van der Waals surface area contributed by atoms with Crippen molar-refractivity contribution in [3.63, 3.8) is 0 Å². The molecule has 0 radical (unpaired) electrons. The molecule has 0 saturated carbocycles. The zero-order chi connectivity index (χ0) is 17.8. The summed E-state index contributed by atoms with van der Waals surface area (Å²) in [6, 6.07) is 0. The lowest BCUT2D eigenvalue weighted by molar-refractivity contribution is -0.325. The normalized spacial score (nSPS) is 38.4. The molecule has 0 bridgehead atoms. The Bertz CT molecular complexity index is 540. The van der Waals surface area contributed by atoms with E-state index in [2.05, 4.69) is 0 Å². The predicted octanol–water partition coefficient (Wildman–Crippen LogP) is 1.27. The molecule has 6 nitrogen and oxygen atoms in total. The van der Waals surface area contributed by atoms with Crippen molar-refractivity contribution >= 4 is 5.78 Å². The van der Waals surface area contributed by atoms with E-state index < -0.39 is 30.5 Å². The van der Waals surface area contributed by atoms with Crippen LogP contribution in [0.25, 0.3) is 0 Å². The van der Waals surface area contributed by atoms with Crippen molar-refractivity contribution in [1.82, 2.24) is 0 Å². The zero-order valence-electron chi connectivity index (χ0n) is 14.4. The minimum atomic E-state index is -1.16. The molecule has 6 heteroatoms. The lowest BCUT2D eigenvalue weighted by Crippen LogP contribution is -2.62. The van der Waals surface area contributed by atoms with Gasteiger partial charge in [-0.1, -0.05) is 43.7 Å². The minimum absolute atomic E-state index is 0.0104. The summed E-state index contributed by atoms with van der Waals surface area (Å²) in [6.07, 6.45) is 8.25. The molecule has 25 heavy (non-hydrogen) atoms. The van der Waals surface area contributed by atoms with E-state index in [-0.39, 0.29) is 31.0 Å². The molecule has 2 aliphatic heterocycles. The van der Waals surface area contributed by atoms with E-state index in [4.69, 9.17) is 14.2 Å². The second kappa shape index (κ2) is 8.38. The Balaban J connectivity index is 1.56. The van der Waals surface area contributed by atoms with Gasteiger partial charge in [-0.2, -0.15) is 0 Å². The van der Waals surface area contributed by atoms with Gasteiger partial charge >= 0.3 is 0 Å². The maximum Gasteiger partial charge on any atom is 0.158 e. The Hall–Kier alpha value is -1.31. The van der Waals surface area contributed by atoms with E-state index in [1.165, 1.54) is 6.08 Å². The summed E-state index contributed by atoms with van der Waals surface area (Å²) < 4.78 is 17.1. The van der Waals surface area contributed by atoms with Crippen LogP contribution in [0.3, 0.4) is 0 Å². The van der Waals surface area contributed by atoms with Crippen molar-refractivity contribution in [2.75, 3.05) is 6.61 Å². The number of ether oxygens (including phenoxy) is 3. The molecule has 3 aliphatic rings. The van der Waals surface area contributed by atoms with Crippen LogP contribution < -0.4 is 0 Å². The van der Waals surface area contributed by atoms with Crippen molar-refractivity contribution in [3.8, 4) is 0 Å². The third-order valence-corrected chi connectivity index (χ3v) is 4.75. The quantitative estimate of drug-likeness (QED) is 0.702. The van der Waals surface area contributed by atoms with Crippen LogP contribution in [0.4, 0.5) is 0 Å². The number of fused-ring (bicyclic) bond motifs is 1. The van der Waals surface area contributed by atoms with Gasteiger partial charge in [0.05, 0.1) is 12.7 Å². The first kappa shape index (κ1) is 18.5. The maximum atomic E-state index is 12.1. The highest BCUT2D eigenvalue weighted by molar-refractivity contribution is 5.90. The van der Waals surface area contributed by atoms with Crippen LogP contribution in [0, 0.1) is 5.92 Å². The molecule has 3 rings (SSSR count). The number of carbonyl (C=O) groups is 1. The number of aliphatic hydroxyl groups excluding tert-OH is 2. The van der Waals surface area contributed by atoms with E-state index in [1.807, 2.05) is 31.2 Å². The Morgan fingerprint density at radius 2 is 1.96 bits per heavy atom. The number of hydrogen-bond acceptors (Lipinski definition) is 6. The average molecular weight is 350 g/mol. The molecule has 0 spiro atoms. The first-order chi connectivity index (χ1) is 12.1.